The number of pyridine rings is 1. The standard InChI is InChI=1S/C18H27F3N4O/c1-2-3-4-8-22-17(26)14-24-9-5-10-25(12-11-24)16-7-6-15(13-23-16)18(19,20)21/h6-7,13H,2-5,8-12,14H2,1H3,(H,22,26). The highest BCUT2D eigenvalue weighted by atomic mass is 19.4. The minimum absolute atomic E-state index is 0.0298. The molecule has 0 atom stereocenters. The molecule has 0 bridgehead atoms. The maximum Gasteiger partial charge on any atom is 0.417 e. The van der Waals surface area contributed by atoms with Crippen LogP contribution in [0.2, 0.25) is 0 Å². The number of hydrogen-bond donors (Lipinski definition) is 1. The van der Waals surface area contributed by atoms with Gasteiger partial charge in [0.15, 0.2) is 0 Å². The van der Waals surface area contributed by atoms with E-state index in [0.29, 0.717) is 38.5 Å². The summed E-state index contributed by atoms with van der Waals surface area (Å²) >= 11 is 0. The van der Waals surface area contributed by atoms with Crippen molar-refractivity contribution in [2.24, 2.45) is 0 Å². The van der Waals surface area contributed by atoms with Gasteiger partial charge < -0.3 is 10.2 Å². The Bertz CT molecular complexity index is 563. The monoisotopic (exact) mass is 372 g/mol. The summed E-state index contributed by atoms with van der Waals surface area (Å²) in [4.78, 5) is 20.0. The summed E-state index contributed by atoms with van der Waals surface area (Å²) in [6.45, 7) is 6.03. The van der Waals surface area contributed by atoms with E-state index in [0.717, 1.165) is 44.5 Å². The second-order valence-corrected chi connectivity index (χ2v) is 6.58. The lowest BCUT2D eigenvalue weighted by Crippen LogP contribution is -2.39. The van der Waals surface area contributed by atoms with E-state index < -0.39 is 11.7 Å². The highest BCUT2D eigenvalue weighted by Crippen LogP contribution is 2.29. The van der Waals surface area contributed by atoms with Crippen LogP contribution in [-0.4, -0.2) is 55.1 Å². The molecule has 2 heterocycles. The lowest BCUT2D eigenvalue weighted by molar-refractivity contribution is -0.137. The van der Waals surface area contributed by atoms with Gasteiger partial charge in [0.2, 0.25) is 5.91 Å². The fourth-order valence-corrected chi connectivity index (χ4v) is 2.96. The maximum atomic E-state index is 12.6. The van der Waals surface area contributed by atoms with Gasteiger partial charge in [0.25, 0.3) is 0 Å². The normalized spacial score (nSPS) is 16.4. The van der Waals surface area contributed by atoms with Crippen molar-refractivity contribution < 1.29 is 18.0 Å². The van der Waals surface area contributed by atoms with Crippen LogP contribution in [0, 0.1) is 0 Å². The summed E-state index contributed by atoms with van der Waals surface area (Å²) in [7, 11) is 0. The zero-order valence-corrected chi connectivity index (χ0v) is 15.2. The Morgan fingerprint density at radius 2 is 2.00 bits per heavy atom. The molecular formula is C18H27F3N4O. The van der Waals surface area contributed by atoms with Crippen LogP contribution < -0.4 is 10.2 Å². The van der Waals surface area contributed by atoms with Gasteiger partial charge in [0, 0.05) is 38.9 Å². The molecule has 0 aromatic carbocycles. The van der Waals surface area contributed by atoms with Gasteiger partial charge in [-0.25, -0.2) is 4.98 Å². The van der Waals surface area contributed by atoms with Gasteiger partial charge in [-0.3, -0.25) is 9.69 Å². The molecule has 0 aliphatic carbocycles. The highest BCUT2D eigenvalue weighted by molar-refractivity contribution is 5.77. The Labute approximate surface area is 152 Å². The first kappa shape index (κ1) is 20.5. The fourth-order valence-electron chi connectivity index (χ4n) is 2.96. The number of rotatable bonds is 7. The highest BCUT2D eigenvalue weighted by Gasteiger charge is 2.31. The van der Waals surface area contributed by atoms with Gasteiger partial charge >= 0.3 is 6.18 Å². The Kier molecular flexibility index (Phi) is 7.68. The van der Waals surface area contributed by atoms with E-state index in [4.69, 9.17) is 0 Å². The fraction of sp³-hybridized carbons (Fsp3) is 0.667. The quantitative estimate of drug-likeness (QED) is 0.748. The van der Waals surface area contributed by atoms with Crippen LogP contribution in [0.5, 0.6) is 0 Å². The molecule has 2 rings (SSSR count). The third kappa shape index (κ3) is 6.48. The molecule has 0 radical (unpaired) electrons. The number of alkyl halides is 3. The Morgan fingerprint density at radius 1 is 1.19 bits per heavy atom. The topological polar surface area (TPSA) is 48.5 Å². The number of carbonyl (C=O) groups excluding carboxylic acids is 1. The number of unbranched alkanes of at least 4 members (excludes halogenated alkanes) is 2. The van der Waals surface area contributed by atoms with Crippen molar-refractivity contribution in [1.82, 2.24) is 15.2 Å². The SMILES string of the molecule is CCCCCNC(=O)CN1CCCN(c2ccc(C(F)(F)F)cn2)CC1. The second-order valence-electron chi connectivity index (χ2n) is 6.58. The van der Waals surface area contributed by atoms with Gasteiger partial charge in [-0.1, -0.05) is 19.8 Å². The molecule has 1 N–H and O–H groups in total. The first-order chi connectivity index (χ1) is 12.4. The minimum atomic E-state index is -4.37. The second kappa shape index (κ2) is 9.75. The molecule has 0 spiro atoms. The number of aromatic nitrogens is 1. The Balaban J connectivity index is 1.81. The molecule has 1 amide bonds. The summed E-state index contributed by atoms with van der Waals surface area (Å²) in [5.74, 6) is 0.575. The molecule has 1 aromatic rings. The number of nitrogens with one attached hydrogen (secondary N) is 1. The van der Waals surface area contributed by atoms with E-state index in [2.05, 4.69) is 22.1 Å². The van der Waals surface area contributed by atoms with Crippen molar-refractivity contribution in [3.63, 3.8) is 0 Å². The number of anilines is 1. The molecule has 1 aromatic heterocycles. The van der Waals surface area contributed by atoms with Crippen LogP contribution in [0.3, 0.4) is 0 Å². The Hall–Kier alpha value is -1.83. The van der Waals surface area contributed by atoms with Gasteiger partial charge in [-0.05, 0) is 25.0 Å². The third-order valence-electron chi connectivity index (χ3n) is 4.46. The van der Waals surface area contributed by atoms with E-state index in [-0.39, 0.29) is 5.91 Å². The van der Waals surface area contributed by atoms with Gasteiger partial charge in [-0.15, -0.1) is 0 Å². The lowest BCUT2D eigenvalue weighted by atomic mass is 10.2. The molecule has 146 valence electrons. The van der Waals surface area contributed by atoms with Gasteiger partial charge in [-0.2, -0.15) is 13.2 Å². The van der Waals surface area contributed by atoms with Gasteiger partial charge in [0.05, 0.1) is 12.1 Å². The molecule has 1 aliphatic heterocycles. The van der Waals surface area contributed by atoms with Crippen molar-refractivity contribution in [2.75, 3.05) is 44.2 Å². The molecule has 26 heavy (non-hydrogen) atoms. The van der Waals surface area contributed by atoms with E-state index >= 15 is 0 Å². The first-order valence-electron chi connectivity index (χ1n) is 9.17. The molecule has 0 saturated carbocycles. The van der Waals surface area contributed by atoms with Crippen molar-refractivity contribution in [2.45, 2.75) is 38.8 Å². The van der Waals surface area contributed by atoms with Crippen LogP contribution >= 0.6 is 0 Å². The summed E-state index contributed by atoms with van der Waals surface area (Å²) < 4.78 is 37.9. The van der Waals surface area contributed by atoms with Crippen LogP contribution in [0.15, 0.2) is 18.3 Å². The minimum Gasteiger partial charge on any atom is -0.355 e. The number of hydrogen-bond acceptors (Lipinski definition) is 4. The van der Waals surface area contributed by atoms with E-state index in [1.54, 1.807) is 0 Å². The molecule has 0 unspecified atom stereocenters. The van der Waals surface area contributed by atoms with Crippen molar-refractivity contribution in [3.8, 4) is 0 Å². The Morgan fingerprint density at radius 3 is 2.65 bits per heavy atom. The predicted octanol–water partition coefficient (Wildman–Crippen LogP) is 2.92. The van der Waals surface area contributed by atoms with Crippen LogP contribution in [0.4, 0.5) is 19.0 Å². The molecule has 5 nitrogen and oxygen atoms in total. The lowest BCUT2D eigenvalue weighted by Gasteiger charge is -2.22. The summed E-state index contributed by atoms with van der Waals surface area (Å²) in [5, 5.41) is 2.94. The number of nitrogens with zero attached hydrogens (tertiary/aromatic N) is 3. The number of halogens is 3. The number of carbonyl (C=O) groups is 1. The number of amides is 1. The summed E-state index contributed by atoms with van der Waals surface area (Å²) in [6, 6.07) is 2.48. The molecule has 8 heteroatoms. The van der Waals surface area contributed by atoms with Crippen molar-refractivity contribution >= 4 is 11.7 Å². The van der Waals surface area contributed by atoms with Crippen molar-refractivity contribution in [3.05, 3.63) is 23.9 Å². The van der Waals surface area contributed by atoms with E-state index in [9.17, 15) is 18.0 Å². The van der Waals surface area contributed by atoms with Crippen LogP contribution in [-0.2, 0) is 11.0 Å². The van der Waals surface area contributed by atoms with E-state index in [1.807, 2.05) is 4.90 Å². The molecule has 1 saturated heterocycles. The summed E-state index contributed by atoms with van der Waals surface area (Å²) in [5.41, 5.74) is -0.738. The van der Waals surface area contributed by atoms with Gasteiger partial charge in [0.1, 0.15) is 5.82 Å². The average Bonchev–Trinajstić information content (AvgIpc) is 2.84. The van der Waals surface area contributed by atoms with Crippen LogP contribution in [0.1, 0.15) is 38.2 Å². The summed E-state index contributed by atoms with van der Waals surface area (Å²) in [6.07, 6.45) is 0.573. The third-order valence-corrected chi connectivity index (χ3v) is 4.46. The maximum absolute atomic E-state index is 12.6. The predicted molar refractivity (Wildman–Crippen MR) is 95.0 cm³/mol. The largest absolute Gasteiger partial charge is 0.417 e. The van der Waals surface area contributed by atoms with Crippen LogP contribution in [0.25, 0.3) is 0 Å². The average molecular weight is 372 g/mol. The molecule has 1 aliphatic rings. The van der Waals surface area contributed by atoms with Crippen molar-refractivity contribution in [1.29, 1.82) is 0 Å². The molecule has 1 fully saturated rings. The van der Waals surface area contributed by atoms with E-state index in [1.165, 1.54) is 6.07 Å². The molecular weight excluding hydrogens is 345 g/mol. The zero-order valence-electron chi connectivity index (χ0n) is 15.2. The smallest absolute Gasteiger partial charge is 0.355 e. The zero-order chi connectivity index (χ0) is 19.0. The first-order valence-corrected chi connectivity index (χ1v) is 9.17.